The molecule has 0 fully saturated rings. The number of likely N-dealkylation sites (N-methyl/N-ethyl adjacent to an activating group) is 1. The van der Waals surface area contributed by atoms with Crippen LogP contribution in [0.15, 0.2) is 24.3 Å². The lowest BCUT2D eigenvalue weighted by molar-refractivity contribution is -0.147. The number of carbonyl (C=O) groups excluding carboxylic acids is 1. The fourth-order valence-electron chi connectivity index (χ4n) is 1.31. The number of amides is 1. The van der Waals surface area contributed by atoms with Gasteiger partial charge in [0.1, 0.15) is 5.54 Å². The number of nitrogens with zero attached hydrogens (tertiary/aromatic N) is 2. The Kier molecular flexibility index (Phi) is 3.72. The standard InChI is InChI=1S/C13H14N2O3/c1-13(2,12(17)18)15(3)11(16)10-6-4-5-9(7-10)8-14/h4-7H,1-3H3,(H,17,18). The predicted molar refractivity (Wildman–Crippen MR) is 65.0 cm³/mol. The van der Waals surface area contributed by atoms with E-state index in [0.717, 1.165) is 4.90 Å². The van der Waals surface area contributed by atoms with Crippen LogP contribution in [-0.2, 0) is 4.79 Å². The van der Waals surface area contributed by atoms with Crippen LogP contribution in [0.25, 0.3) is 0 Å². The summed E-state index contributed by atoms with van der Waals surface area (Å²) in [7, 11) is 1.43. The second-order valence-electron chi connectivity index (χ2n) is 4.42. The van der Waals surface area contributed by atoms with Crippen LogP contribution in [-0.4, -0.2) is 34.5 Å². The molecule has 18 heavy (non-hydrogen) atoms. The van der Waals surface area contributed by atoms with Crippen LogP contribution in [0.2, 0.25) is 0 Å². The Morgan fingerprint density at radius 2 is 2.00 bits per heavy atom. The van der Waals surface area contributed by atoms with Gasteiger partial charge in [-0.1, -0.05) is 6.07 Å². The number of rotatable bonds is 3. The molecule has 94 valence electrons. The van der Waals surface area contributed by atoms with E-state index < -0.39 is 17.4 Å². The minimum atomic E-state index is -1.31. The SMILES string of the molecule is CN(C(=O)c1cccc(C#N)c1)C(C)(C)C(=O)O. The van der Waals surface area contributed by atoms with Crippen molar-refractivity contribution in [2.24, 2.45) is 0 Å². The molecule has 0 aliphatic carbocycles. The fourth-order valence-corrected chi connectivity index (χ4v) is 1.31. The van der Waals surface area contributed by atoms with Crippen molar-refractivity contribution in [3.63, 3.8) is 0 Å². The third-order valence-corrected chi connectivity index (χ3v) is 2.91. The van der Waals surface area contributed by atoms with Crippen molar-refractivity contribution in [1.29, 1.82) is 5.26 Å². The molecule has 0 aromatic heterocycles. The smallest absolute Gasteiger partial charge is 0.329 e. The average molecular weight is 246 g/mol. The molecule has 0 radical (unpaired) electrons. The molecule has 1 amide bonds. The van der Waals surface area contributed by atoms with E-state index in [0.29, 0.717) is 11.1 Å². The van der Waals surface area contributed by atoms with Gasteiger partial charge in [-0.15, -0.1) is 0 Å². The molecule has 0 saturated carbocycles. The van der Waals surface area contributed by atoms with Crippen LogP contribution >= 0.6 is 0 Å². The second kappa shape index (κ2) is 4.88. The molecule has 0 atom stereocenters. The van der Waals surface area contributed by atoms with Gasteiger partial charge in [-0.3, -0.25) is 4.79 Å². The molecule has 1 rings (SSSR count). The summed E-state index contributed by atoms with van der Waals surface area (Å²) in [5, 5.41) is 17.8. The van der Waals surface area contributed by atoms with Gasteiger partial charge in [0.25, 0.3) is 5.91 Å². The van der Waals surface area contributed by atoms with Gasteiger partial charge in [0.15, 0.2) is 0 Å². The molecule has 0 bridgehead atoms. The van der Waals surface area contributed by atoms with Crippen molar-refractivity contribution in [3.8, 4) is 6.07 Å². The Morgan fingerprint density at radius 1 is 1.39 bits per heavy atom. The lowest BCUT2D eigenvalue weighted by Gasteiger charge is -2.31. The molecular formula is C13H14N2O3. The van der Waals surface area contributed by atoms with Crippen LogP contribution in [0.1, 0.15) is 29.8 Å². The molecule has 0 saturated heterocycles. The highest BCUT2D eigenvalue weighted by molar-refractivity contribution is 5.97. The lowest BCUT2D eigenvalue weighted by Crippen LogP contribution is -2.50. The number of hydrogen-bond donors (Lipinski definition) is 1. The molecule has 1 aromatic rings. The lowest BCUT2D eigenvalue weighted by atomic mass is 10.0. The molecule has 0 spiro atoms. The number of carbonyl (C=O) groups is 2. The summed E-state index contributed by atoms with van der Waals surface area (Å²) in [6.45, 7) is 2.89. The summed E-state index contributed by atoms with van der Waals surface area (Å²) in [4.78, 5) is 24.3. The maximum absolute atomic E-state index is 12.1. The molecule has 5 nitrogen and oxygen atoms in total. The zero-order valence-corrected chi connectivity index (χ0v) is 10.5. The van der Waals surface area contributed by atoms with Gasteiger partial charge in [0, 0.05) is 12.6 Å². The zero-order chi connectivity index (χ0) is 13.9. The minimum absolute atomic E-state index is 0.297. The Balaban J connectivity index is 3.08. The number of carboxylic acid groups (broad SMARTS) is 1. The van der Waals surface area contributed by atoms with Gasteiger partial charge in [-0.05, 0) is 32.0 Å². The van der Waals surface area contributed by atoms with Crippen molar-refractivity contribution >= 4 is 11.9 Å². The van der Waals surface area contributed by atoms with Crippen molar-refractivity contribution in [2.45, 2.75) is 19.4 Å². The first-order valence-corrected chi connectivity index (χ1v) is 5.32. The highest BCUT2D eigenvalue weighted by Gasteiger charge is 2.35. The van der Waals surface area contributed by atoms with E-state index in [2.05, 4.69) is 0 Å². The molecule has 0 aliphatic rings. The van der Waals surface area contributed by atoms with E-state index in [1.165, 1.54) is 27.0 Å². The Bertz CT molecular complexity index is 529. The Labute approximate surface area is 105 Å². The van der Waals surface area contributed by atoms with Gasteiger partial charge >= 0.3 is 5.97 Å². The average Bonchev–Trinajstić information content (AvgIpc) is 2.36. The zero-order valence-electron chi connectivity index (χ0n) is 10.5. The summed E-state index contributed by atoms with van der Waals surface area (Å²) in [6, 6.07) is 8.10. The van der Waals surface area contributed by atoms with E-state index in [4.69, 9.17) is 10.4 Å². The summed E-state index contributed by atoms with van der Waals surface area (Å²) in [5.41, 5.74) is -0.645. The van der Waals surface area contributed by atoms with Crippen molar-refractivity contribution < 1.29 is 14.7 Å². The number of aliphatic carboxylic acids is 1. The second-order valence-corrected chi connectivity index (χ2v) is 4.42. The Hall–Kier alpha value is -2.35. The van der Waals surface area contributed by atoms with Crippen molar-refractivity contribution in [3.05, 3.63) is 35.4 Å². The van der Waals surface area contributed by atoms with Gasteiger partial charge in [0.2, 0.25) is 0 Å². The first kappa shape index (κ1) is 13.7. The molecule has 0 aliphatic heterocycles. The third kappa shape index (κ3) is 2.48. The van der Waals surface area contributed by atoms with Crippen LogP contribution in [0.4, 0.5) is 0 Å². The van der Waals surface area contributed by atoms with Crippen LogP contribution in [0.5, 0.6) is 0 Å². The summed E-state index contributed by atoms with van der Waals surface area (Å²) < 4.78 is 0. The summed E-state index contributed by atoms with van der Waals surface area (Å²) in [6.07, 6.45) is 0. The summed E-state index contributed by atoms with van der Waals surface area (Å²) in [5.74, 6) is -1.52. The maximum Gasteiger partial charge on any atom is 0.329 e. The monoisotopic (exact) mass is 246 g/mol. The van der Waals surface area contributed by atoms with Crippen LogP contribution < -0.4 is 0 Å². The van der Waals surface area contributed by atoms with Crippen LogP contribution in [0, 0.1) is 11.3 Å². The van der Waals surface area contributed by atoms with Gasteiger partial charge in [-0.2, -0.15) is 5.26 Å². The normalized spacial score (nSPS) is 10.6. The van der Waals surface area contributed by atoms with E-state index in [1.807, 2.05) is 6.07 Å². The largest absolute Gasteiger partial charge is 0.480 e. The Morgan fingerprint density at radius 3 is 2.50 bits per heavy atom. The van der Waals surface area contributed by atoms with Gasteiger partial charge < -0.3 is 10.0 Å². The molecule has 1 N–H and O–H groups in total. The topological polar surface area (TPSA) is 81.4 Å². The fraction of sp³-hybridized carbons (Fsp3) is 0.308. The third-order valence-electron chi connectivity index (χ3n) is 2.91. The van der Waals surface area contributed by atoms with Crippen molar-refractivity contribution in [2.75, 3.05) is 7.05 Å². The van der Waals surface area contributed by atoms with Crippen LogP contribution in [0.3, 0.4) is 0 Å². The van der Waals surface area contributed by atoms with Gasteiger partial charge in [0.05, 0.1) is 11.6 Å². The number of nitriles is 1. The number of benzene rings is 1. The highest BCUT2D eigenvalue weighted by atomic mass is 16.4. The number of carboxylic acids is 1. The molecular weight excluding hydrogens is 232 g/mol. The molecule has 0 unspecified atom stereocenters. The molecule has 1 aromatic carbocycles. The van der Waals surface area contributed by atoms with Gasteiger partial charge in [-0.25, -0.2) is 4.79 Å². The first-order chi connectivity index (χ1) is 8.30. The quantitative estimate of drug-likeness (QED) is 0.876. The molecule has 0 heterocycles. The van der Waals surface area contributed by atoms with E-state index in [9.17, 15) is 9.59 Å². The van der Waals surface area contributed by atoms with E-state index in [1.54, 1.807) is 18.2 Å². The summed E-state index contributed by atoms with van der Waals surface area (Å²) >= 11 is 0. The predicted octanol–water partition coefficient (Wildman–Crippen LogP) is 1.49. The van der Waals surface area contributed by atoms with E-state index >= 15 is 0 Å². The minimum Gasteiger partial charge on any atom is -0.480 e. The van der Waals surface area contributed by atoms with Crippen molar-refractivity contribution in [1.82, 2.24) is 4.90 Å². The first-order valence-electron chi connectivity index (χ1n) is 5.32. The number of hydrogen-bond acceptors (Lipinski definition) is 3. The van der Waals surface area contributed by atoms with E-state index in [-0.39, 0.29) is 0 Å². The maximum atomic E-state index is 12.1. The molecule has 5 heteroatoms. The highest BCUT2D eigenvalue weighted by Crippen LogP contribution is 2.16.